The Morgan fingerprint density at radius 2 is 2.29 bits per heavy atom. The summed E-state index contributed by atoms with van der Waals surface area (Å²) >= 11 is 3.54. The fourth-order valence-corrected chi connectivity index (χ4v) is 5.15. The number of aryl methyl sites for hydroxylation is 2. The highest BCUT2D eigenvalue weighted by Crippen LogP contribution is 2.26. The van der Waals surface area contributed by atoms with Crippen LogP contribution in [0.1, 0.15) is 40.3 Å². The molecule has 1 fully saturated rings. The average molecular weight is 422 g/mol. The predicted octanol–water partition coefficient (Wildman–Crippen LogP) is 3.34. The molecule has 2 aromatic rings. The van der Waals surface area contributed by atoms with Crippen LogP contribution in [0.5, 0.6) is 0 Å². The normalized spacial score (nSPS) is 19.6. The van der Waals surface area contributed by atoms with Crippen molar-refractivity contribution in [3.05, 3.63) is 38.0 Å². The Kier molecular flexibility index (Phi) is 7.84. The molecule has 0 spiro atoms. The summed E-state index contributed by atoms with van der Waals surface area (Å²) in [4.78, 5) is 14.4. The number of rotatable bonds is 7. The van der Waals surface area contributed by atoms with Gasteiger partial charge in [-0.2, -0.15) is 0 Å². The molecule has 0 radical (unpaired) electrons. The summed E-state index contributed by atoms with van der Waals surface area (Å²) in [7, 11) is 0. The zero-order valence-corrected chi connectivity index (χ0v) is 18.8. The van der Waals surface area contributed by atoms with Gasteiger partial charge in [-0.15, -0.1) is 22.7 Å². The minimum Gasteiger partial charge on any atom is -0.376 e. The summed E-state index contributed by atoms with van der Waals surface area (Å²) in [5.41, 5.74) is 1.08. The standard InChI is InChI=1S/C20H31N5OS2/c1-5-21-20(23-12-19-15(3)24-16(4)28-19)22-11-17(18-7-6-10-27-18)25-8-9-26-14(2)13-25/h6-7,10,14,17H,5,8-9,11-13H2,1-4H3,(H2,21,22,23). The van der Waals surface area contributed by atoms with Crippen LogP contribution < -0.4 is 10.6 Å². The summed E-state index contributed by atoms with van der Waals surface area (Å²) in [5.74, 6) is 0.857. The number of thiazole rings is 1. The van der Waals surface area contributed by atoms with Crippen LogP contribution in [0.4, 0.5) is 0 Å². The lowest BCUT2D eigenvalue weighted by Crippen LogP contribution is -2.48. The smallest absolute Gasteiger partial charge is 0.191 e. The van der Waals surface area contributed by atoms with E-state index in [0.717, 1.165) is 49.4 Å². The first-order valence-corrected chi connectivity index (χ1v) is 11.6. The highest BCUT2D eigenvalue weighted by Gasteiger charge is 2.26. The van der Waals surface area contributed by atoms with Crippen molar-refractivity contribution in [1.82, 2.24) is 20.5 Å². The molecule has 8 heteroatoms. The molecule has 28 heavy (non-hydrogen) atoms. The van der Waals surface area contributed by atoms with Crippen molar-refractivity contribution < 1.29 is 4.74 Å². The number of hydrogen-bond donors (Lipinski definition) is 2. The van der Waals surface area contributed by atoms with E-state index in [-0.39, 0.29) is 6.10 Å². The zero-order valence-electron chi connectivity index (χ0n) is 17.2. The number of thiophene rings is 1. The molecule has 3 heterocycles. The number of nitrogens with zero attached hydrogens (tertiary/aromatic N) is 3. The Bertz CT molecular complexity index is 759. The topological polar surface area (TPSA) is 61.8 Å². The van der Waals surface area contributed by atoms with Crippen LogP contribution in [0.3, 0.4) is 0 Å². The maximum Gasteiger partial charge on any atom is 0.191 e. The molecule has 2 N–H and O–H groups in total. The molecule has 0 bridgehead atoms. The van der Waals surface area contributed by atoms with E-state index in [1.54, 1.807) is 11.3 Å². The van der Waals surface area contributed by atoms with E-state index >= 15 is 0 Å². The van der Waals surface area contributed by atoms with Crippen LogP contribution >= 0.6 is 22.7 Å². The highest BCUT2D eigenvalue weighted by molar-refractivity contribution is 7.11. The summed E-state index contributed by atoms with van der Waals surface area (Å²) in [5, 5.41) is 10.2. The van der Waals surface area contributed by atoms with Crippen LogP contribution in [-0.4, -0.2) is 54.7 Å². The first-order chi connectivity index (χ1) is 13.6. The first kappa shape index (κ1) is 21.2. The van der Waals surface area contributed by atoms with Crippen LogP contribution in [-0.2, 0) is 11.3 Å². The predicted molar refractivity (Wildman–Crippen MR) is 118 cm³/mol. The van der Waals surface area contributed by atoms with Gasteiger partial charge in [0.1, 0.15) is 0 Å². The number of aromatic nitrogens is 1. The van der Waals surface area contributed by atoms with Gasteiger partial charge in [0, 0.05) is 35.9 Å². The van der Waals surface area contributed by atoms with Gasteiger partial charge in [0.2, 0.25) is 0 Å². The van der Waals surface area contributed by atoms with E-state index in [4.69, 9.17) is 9.73 Å². The highest BCUT2D eigenvalue weighted by atomic mass is 32.1. The maximum absolute atomic E-state index is 5.74. The van der Waals surface area contributed by atoms with Crippen LogP contribution in [0, 0.1) is 13.8 Å². The number of morpholine rings is 1. The fraction of sp³-hybridized carbons (Fsp3) is 0.600. The van der Waals surface area contributed by atoms with Gasteiger partial charge < -0.3 is 15.4 Å². The summed E-state index contributed by atoms with van der Waals surface area (Å²) in [6, 6.07) is 4.68. The van der Waals surface area contributed by atoms with Crippen LogP contribution in [0.25, 0.3) is 0 Å². The molecule has 1 aliphatic rings. The molecule has 154 valence electrons. The van der Waals surface area contributed by atoms with E-state index in [1.165, 1.54) is 9.75 Å². The van der Waals surface area contributed by atoms with Gasteiger partial charge in [0.25, 0.3) is 0 Å². The largest absolute Gasteiger partial charge is 0.376 e. The number of guanidine groups is 1. The Morgan fingerprint density at radius 1 is 1.43 bits per heavy atom. The minimum absolute atomic E-state index is 0.274. The second-order valence-corrected chi connectivity index (χ2v) is 9.29. The maximum atomic E-state index is 5.74. The van der Waals surface area contributed by atoms with Crippen molar-refractivity contribution in [3.63, 3.8) is 0 Å². The second-order valence-electron chi connectivity index (χ2n) is 7.03. The van der Waals surface area contributed by atoms with Crippen molar-refractivity contribution in [1.29, 1.82) is 0 Å². The van der Waals surface area contributed by atoms with Crippen LogP contribution in [0.2, 0.25) is 0 Å². The lowest BCUT2D eigenvalue weighted by molar-refractivity contribution is -0.0334. The number of ether oxygens (including phenoxy) is 1. The van der Waals surface area contributed by atoms with Gasteiger partial charge in [0.15, 0.2) is 5.96 Å². The average Bonchev–Trinajstić information content (AvgIpc) is 3.29. The molecule has 2 aromatic heterocycles. The molecule has 1 saturated heterocycles. The minimum atomic E-state index is 0.274. The van der Waals surface area contributed by atoms with Crippen molar-refractivity contribution in [2.24, 2.45) is 4.99 Å². The molecule has 0 saturated carbocycles. The lowest BCUT2D eigenvalue weighted by Gasteiger charge is -2.37. The van der Waals surface area contributed by atoms with Gasteiger partial charge >= 0.3 is 0 Å². The monoisotopic (exact) mass is 421 g/mol. The molecule has 0 amide bonds. The van der Waals surface area contributed by atoms with Crippen molar-refractivity contribution in [2.75, 3.05) is 32.8 Å². The Balaban J connectivity index is 1.68. The van der Waals surface area contributed by atoms with E-state index in [0.29, 0.717) is 12.6 Å². The van der Waals surface area contributed by atoms with E-state index in [1.807, 2.05) is 18.3 Å². The summed E-state index contributed by atoms with van der Waals surface area (Å²) < 4.78 is 5.74. The van der Waals surface area contributed by atoms with Gasteiger partial charge in [-0.1, -0.05) is 6.07 Å². The molecule has 2 atom stereocenters. The quantitative estimate of drug-likeness (QED) is 0.530. The molecular weight excluding hydrogens is 390 g/mol. The molecule has 0 aromatic carbocycles. The Hall–Kier alpha value is -1.48. The molecule has 2 unspecified atom stereocenters. The van der Waals surface area contributed by atoms with E-state index < -0.39 is 0 Å². The van der Waals surface area contributed by atoms with Gasteiger partial charge in [-0.05, 0) is 39.1 Å². The van der Waals surface area contributed by atoms with Gasteiger partial charge in [-0.25, -0.2) is 9.98 Å². The van der Waals surface area contributed by atoms with Crippen LogP contribution in [0.15, 0.2) is 22.5 Å². The third kappa shape index (κ3) is 5.76. The van der Waals surface area contributed by atoms with E-state index in [9.17, 15) is 0 Å². The number of aliphatic imine (C=N–C) groups is 1. The molecule has 6 nitrogen and oxygen atoms in total. The summed E-state index contributed by atoms with van der Waals surface area (Å²) in [6.07, 6.45) is 0.274. The van der Waals surface area contributed by atoms with E-state index in [2.05, 4.69) is 58.8 Å². The number of hydrogen-bond acceptors (Lipinski definition) is 6. The zero-order chi connectivity index (χ0) is 19.9. The Labute approximate surface area is 176 Å². The molecular formula is C20H31N5OS2. The second kappa shape index (κ2) is 10.3. The first-order valence-electron chi connectivity index (χ1n) is 9.91. The molecule has 3 rings (SSSR count). The summed E-state index contributed by atoms with van der Waals surface area (Å²) in [6.45, 7) is 13.4. The number of nitrogens with one attached hydrogen (secondary N) is 2. The van der Waals surface area contributed by atoms with Gasteiger partial charge in [0.05, 0.1) is 36.0 Å². The van der Waals surface area contributed by atoms with Crippen molar-refractivity contribution in [3.8, 4) is 0 Å². The molecule has 1 aliphatic heterocycles. The lowest BCUT2D eigenvalue weighted by atomic mass is 10.1. The third-order valence-electron chi connectivity index (χ3n) is 4.77. The Morgan fingerprint density at radius 3 is 2.93 bits per heavy atom. The fourth-order valence-electron chi connectivity index (χ4n) is 3.43. The molecule has 0 aliphatic carbocycles. The van der Waals surface area contributed by atoms with Crippen molar-refractivity contribution >= 4 is 28.6 Å². The SMILES string of the molecule is CCNC(=NCc1sc(C)nc1C)NCC(c1cccs1)N1CCOC(C)C1. The van der Waals surface area contributed by atoms with Gasteiger partial charge in [-0.3, -0.25) is 4.90 Å². The van der Waals surface area contributed by atoms with Crippen molar-refractivity contribution in [2.45, 2.75) is 46.4 Å². The third-order valence-corrected chi connectivity index (χ3v) is 6.80.